The highest BCUT2D eigenvalue weighted by Crippen LogP contribution is 2.18. The van der Waals surface area contributed by atoms with Gasteiger partial charge >= 0.3 is 0 Å². The van der Waals surface area contributed by atoms with Crippen molar-refractivity contribution in [1.29, 1.82) is 0 Å². The Kier molecular flexibility index (Phi) is 8.35. The highest BCUT2D eigenvalue weighted by molar-refractivity contribution is 5.81. The van der Waals surface area contributed by atoms with Crippen LogP contribution in [0.15, 0.2) is 30.3 Å². The summed E-state index contributed by atoms with van der Waals surface area (Å²) in [6.45, 7) is 7.96. The number of nitrogens with zero attached hydrogens (tertiary/aromatic N) is 2. The summed E-state index contributed by atoms with van der Waals surface area (Å²) in [7, 11) is 0. The van der Waals surface area contributed by atoms with Gasteiger partial charge in [-0.2, -0.15) is 0 Å². The molecule has 160 valence electrons. The Balaban J connectivity index is 1.36. The molecule has 29 heavy (non-hydrogen) atoms. The summed E-state index contributed by atoms with van der Waals surface area (Å²) >= 11 is 0. The summed E-state index contributed by atoms with van der Waals surface area (Å²) in [5.74, 6) is 1.30. The number of nitrogens with one attached hydrogen (secondary N) is 1. The molecule has 0 saturated carbocycles. The first kappa shape index (κ1) is 21.6. The van der Waals surface area contributed by atoms with Crippen molar-refractivity contribution in [2.45, 2.75) is 39.0 Å². The third kappa shape index (κ3) is 7.03. The lowest BCUT2D eigenvalue weighted by Gasteiger charge is -2.32. The number of rotatable bonds is 9. The van der Waals surface area contributed by atoms with E-state index < -0.39 is 0 Å². The summed E-state index contributed by atoms with van der Waals surface area (Å²) < 4.78 is 5.63. The first-order chi connectivity index (χ1) is 14.1. The molecule has 0 radical (unpaired) electrons. The highest BCUT2D eigenvalue weighted by Gasteiger charge is 2.28. The average Bonchev–Trinajstić information content (AvgIpc) is 3.26. The van der Waals surface area contributed by atoms with E-state index in [1.807, 2.05) is 35.2 Å². The minimum atomic E-state index is -0.0956. The molecule has 3 rings (SSSR count). The van der Waals surface area contributed by atoms with Crippen LogP contribution < -0.4 is 10.1 Å². The Hall–Kier alpha value is -2.08. The number of hydrogen-bond donors (Lipinski definition) is 1. The van der Waals surface area contributed by atoms with Gasteiger partial charge in [-0.05, 0) is 56.8 Å². The molecule has 2 unspecified atom stereocenters. The van der Waals surface area contributed by atoms with Crippen LogP contribution in [-0.4, -0.2) is 67.5 Å². The van der Waals surface area contributed by atoms with E-state index in [-0.39, 0.29) is 17.7 Å². The molecule has 6 heteroatoms. The van der Waals surface area contributed by atoms with Gasteiger partial charge in [0.25, 0.3) is 0 Å². The Morgan fingerprint density at radius 2 is 1.90 bits per heavy atom. The fourth-order valence-electron chi connectivity index (χ4n) is 4.24. The van der Waals surface area contributed by atoms with Crippen LogP contribution in [0.2, 0.25) is 0 Å². The smallest absolute Gasteiger partial charge is 0.226 e. The van der Waals surface area contributed by atoms with Crippen LogP contribution in [-0.2, 0) is 9.59 Å². The van der Waals surface area contributed by atoms with E-state index in [1.165, 1.54) is 25.9 Å². The molecular weight excluding hydrogens is 366 g/mol. The van der Waals surface area contributed by atoms with E-state index in [9.17, 15) is 9.59 Å². The lowest BCUT2D eigenvalue weighted by atomic mass is 9.96. The molecule has 1 N–H and O–H groups in total. The molecule has 0 spiro atoms. The molecule has 0 aromatic heterocycles. The topological polar surface area (TPSA) is 61.9 Å². The zero-order valence-electron chi connectivity index (χ0n) is 17.6. The van der Waals surface area contributed by atoms with Gasteiger partial charge in [0.1, 0.15) is 5.75 Å². The molecule has 2 fully saturated rings. The Bertz CT molecular complexity index is 646. The number of benzene rings is 1. The van der Waals surface area contributed by atoms with E-state index in [0.29, 0.717) is 32.0 Å². The number of piperidine rings is 1. The fourth-order valence-corrected chi connectivity index (χ4v) is 4.24. The van der Waals surface area contributed by atoms with Gasteiger partial charge in [0, 0.05) is 26.2 Å². The van der Waals surface area contributed by atoms with Gasteiger partial charge in [0.05, 0.1) is 18.9 Å². The quantitative estimate of drug-likeness (QED) is 0.691. The van der Waals surface area contributed by atoms with Crippen LogP contribution in [0, 0.1) is 11.8 Å². The predicted molar refractivity (Wildman–Crippen MR) is 114 cm³/mol. The van der Waals surface area contributed by atoms with Gasteiger partial charge in [0.2, 0.25) is 11.8 Å². The summed E-state index contributed by atoms with van der Waals surface area (Å²) in [4.78, 5) is 29.5. The molecule has 0 aliphatic carbocycles. The molecule has 2 amide bonds. The number of amides is 2. The Morgan fingerprint density at radius 3 is 2.66 bits per heavy atom. The van der Waals surface area contributed by atoms with Crippen molar-refractivity contribution in [2.75, 3.05) is 45.9 Å². The zero-order valence-corrected chi connectivity index (χ0v) is 17.6. The summed E-state index contributed by atoms with van der Waals surface area (Å²) in [5, 5.41) is 3.12. The standard InChI is InChI=1S/C23H35N3O3/c1-19(17-25-12-5-6-13-25)16-24-23(28)20-8-7-14-26(18-20)22(27)11-15-29-21-9-3-2-4-10-21/h2-4,9-10,19-20H,5-8,11-18H2,1H3,(H,24,28). The molecule has 2 saturated heterocycles. The summed E-state index contributed by atoms with van der Waals surface area (Å²) in [6, 6.07) is 9.53. The molecule has 1 aromatic carbocycles. The molecule has 2 aliphatic heterocycles. The first-order valence-electron chi connectivity index (χ1n) is 11.1. The average molecular weight is 402 g/mol. The third-order valence-electron chi connectivity index (χ3n) is 5.87. The number of carbonyl (C=O) groups is 2. The fraction of sp³-hybridized carbons (Fsp3) is 0.652. The molecular formula is C23H35N3O3. The second-order valence-electron chi connectivity index (χ2n) is 8.45. The molecule has 2 aliphatic rings. The van der Waals surface area contributed by atoms with Gasteiger partial charge < -0.3 is 19.9 Å². The lowest BCUT2D eigenvalue weighted by molar-refractivity contribution is -0.136. The van der Waals surface area contributed by atoms with E-state index in [0.717, 1.165) is 31.7 Å². The second-order valence-corrected chi connectivity index (χ2v) is 8.45. The van der Waals surface area contributed by atoms with Crippen LogP contribution >= 0.6 is 0 Å². The number of hydrogen-bond acceptors (Lipinski definition) is 4. The van der Waals surface area contributed by atoms with Crippen molar-refractivity contribution < 1.29 is 14.3 Å². The maximum absolute atomic E-state index is 12.6. The lowest BCUT2D eigenvalue weighted by Crippen LogP contribution is -2.46. The molecule has 2 atom stereocenters. The molecule has 6 nitrogen and oxygen atoms in total. The SMILES string of the molecule is CC(CNC(=O)C1CCCN(C(=O)CCOc2ccccc2)C1)CN1CCCC1. The van der Waals surface area contributed by atoms with E-state index >= 15 is 0 Å². The van der Waals surface area contributed by atoms with Crippen molar-refractivity contribution in [3.8, 4) is 5.75 Å². The van der Waals surface area contributed by atoms with Crippen molar-refractivity contribution in [1.82, 2.24) is 15.1 Å². The van der Waals surface area contributed by atoms with Crippen LogP contribution in [0.1, 0.15) is 39.0 Å². The van der Waals surface area contributed by atoms with Crippen molar-refractivity contribution in [2.24, 2.45) is 11.8 Å². The largest absolute Gasteiger partial charge is 0.493 e. The van der Waals surface area contributed by atoms with E-state index in [1.54, 1.807) is 0 Å². The summed E-state index contributed by atoms with van der Waals surface area (Å²) in [5.41, 5.74) is 0. The minimum absolute atomic E-state index is 0.0702. The van der Waals surface area contributed by atoms with Crippen LogP contribution in [0.4, 0.5) is 0 Å². The highest BCUT2D eigenvalue weighted by atomic mass is 16.5. The number of carbonyl (C=O) groups excluding carboxylic acids is 2. The van der Waals surface area contributed by atoms with Crippen LogP contribution in [0.25, 0.3) is 0 Å². The molecule has 1 aromatic rings. The number of para-hydroxylation sites is 1. The Morgan fingerprint density at radius 1 is 1.14 bits per heavy atom. The number of likely N-dealkylation sites (tertiary alicyclic amines) is 2. The molecule has 0 bridgehead atoms. The maximum atomic E-state index is 12.6. The zero-order chi connectivity index (χ0) is 20.5. The van der Waals surface area contributed by atoms with Crippen LogP contribution in [0.3, 0.4) is 0 Å². The van der Waals surface area contributed by atoms with Crippen molar-refractivity contribution in [3.63, 3.8) is 0 Å². The minimum Gasteiger partial charge on any atom is -0.493 e. The Labute approximate surface area is 174 Å². The van der Waals surface area contributed by atoms with E-state index in [2.05, 4.69) is 17.1 Å². The molecule has 2 heterocycles. The van der Waals surface area contributed by atoms with Gasteiger partial charge in [0.15, 0.2) is 0 Å². The second kappa shape index (κ2) is 11.2. The van der Waals surface area contributed by atoms with Gasteiger partial charge in [-0.25, -0.2) is 0 Å². The normalized spacial score (nSPS) is 21.0. The number of ether oxygens (including phenoxy) is 1. The first-order valence-corrected chi connectivity index (χ1v) is 11.1. The van der Waals surface area contributed by atoms with Crippen molar-refractivity contribution in [3.05, 3.63) is 30.3 Å². The summed E-state index contributed by atoms with van der Waals surface area (Å²) in [6.07, 6.45) is 4.67. The maximum Gasteiger partial charge on any atom is 0.226 e. The van der Waals surface area contributed by atoms with Gasteiger partial charge in [-0.15, -0.1) is 0 Å². The predicted octanol–water partition coefficient (Wildman–Crippen LogP) is 2.54. The van der Waals surface area contributed by atoms with Gasteiger partial charge in [-0.3, -0.25) is 9.59 Å². The van der Waals surface area contributed by atoms with E-state index in [4.69, 9.17) is 4.74 Å². The monoisotopic (exact) mass is 401 g/mol. The van der Waals surface area contributed by atoms with Crippen molar-refractivity contribution >= 4 is 11.8 Å². The van der Waals surface area contributed by atoms with Gasteiger partial charge in [-0.1, -0.05) is 25.1 Å². The third-order valence-corrected chi connectivity index (χ3v) is 5.87. The van der Waals surface area contributed by atoms with Crippen LogP contribution in [0.5, 0.6) is 5.75 Å².